The number of benzene rings is 1. The molecule has 0 radical (unpaired) electrons. The second-order valence-corrected chi connectivity index (χ2v) is 10.7. The van der Waals surface area contributed by atoms with Gasteiger partial charge in [-0.15, -0.1) is 0 Å². The van der Waals surface area contributed by atoms with Crippen LogP contribution in [-0.2, 0) is 16.0 Å². The Morgan fingerprint density at radius 3 is 2.20 bits per heavy atom. The number of carbonyl (C=O) groups is 1. The standard InChI is InChI=1S/C30H42F2O3/c1-21(2)30(34)35-28(18-19-33)20-23-8-12-25(13-9-23)27-16-14-26(15-17-27)24-10-6-22(7-11-24)4-3-5-29(31)32/h5-7,10-11,23,25-28,33H,1,3-4,8-9,12-20H2,2H3. The van der Waals surface area contributed by atoms with Crippen LogP contribution >= 0.6 is 0 Å². The normalized spacial score (nSPS) is 25.5. The minimum atomic E-state index is -1.60. The maximum Gasteiger partial charge on any atom is 0.333 e. The lowest BCUT2D eigenvalue weighted by Gasteiger charge is -2.38. The lowest BCUT2D eigenvalue weighted by molar-refractivity contribution is -0.146. The van der Waals surface area contributed by atoms with E-state index in [9.17, 15) is 18.7 Å². The van der Waals surface area contributed by atoms with Gasteiger partial charge in [0, 0.05) is 18.6 Å². The van der Waals surface area contributed by atoms with E-state index < -0.39 is 6.08 Å². The molecular weight excluding hydrogens is 446 g/mol. The summed E-state index contributed by atoms with van der Waals surface area (Å²) in [6, 6.07) is 8.60. The second kappa shape index (κ2) is 13.9. The molecule has 2 saturated carbocycles. The number of esters is 1. The Bertz CT molecular complexity index is 828. The molecule has 0 aliphatic heterocycles. The summed E-state index contributed by atoms with van der Waals surface area (Å²) in [5, 5.41) is 9.36. The number of allylic oxidation sites excluding steroid dienone is 1. The summed E-state index contributed by atoms with van der Waals surface area (Å²) in [6.07, 6.45) is 11.5. The summed E-state index contributed by atoms with van der Waals surface area (Å²) < 4.78 is 30.0. The minimum absolute atomic E-state index is 0.0337. The molecule has 3 rings (SSSR count). The lowest BCUT2D eigenvalue weighted by Crippen LogP contribution is -2.28. The minimum Gasteiger partial charge on any atom is -0.459 e. The average Bonchev–Trinajstić information content (AvgIpc) is 2.85. The molecule has 3 nitrogen and oxygen atoms in total. The van der Waals surface area contributed by atoms with Crippen molar-refractivity contribution in [1.82, 2.24) is 0 Å². The summed E-state index contributed by atoms with van der Waals surface area (Å²) in [5.41, 5.74) is 2.92. The molecule has 1 aromatic carbocycles. The molecule has 0 saturated heterocycles. The number of ether oxygens (including phenoxy) is 1. The lowest BCUT2D eigenvalue weighted by atomic mass is 9.68. The number of hydrogen-bond acceptors (Lipinski definition) is 3. The van der Waals surface area contributed by atoms with Crippen LogP contribution in [0.5, 0.6) is 0 Å². The maximum atomic E-state index is 12.2. The van der Waals surface area contributed by atoms with E-state index in [0.29, 0.717) is 36.7 Å². The van der Waals surface area contributed by atoms with Gasteiger partial charge < -0.3 is 9.84 Å². The quantitative estimate of drug-likeness (QED) is 0.256. The van der Waals surface area contributed by atoms with Gasteiger partial charge in [-0.2, -0.15) is 8.78 Å². The highest BCUT2D eigenvalue weighted by molar-refractivity contribution is 5.87. The summed E-state index contributed by atoms with van der Waals surface area (Å²) in [5.74, 6) is 2.43. The predicted octanol–water partition coefficient (Wildman–Crippen LogP) is 7.74. The highest BCUT2D eigenvalue weighted by Gasteiger charge is 2.32. The van der Waals surface area contributed by atoms with Crippen LogP contribution in [0.25, 0.3) is 0 Å². The molecule has 0 amide bonds. The first-order valence-corrected chi connectivity index (χ1v) is 13.4. The van der Waals surface area contributed by atoms with E-state index in [2.05, 4.69) is 30.8 Å². The third kappa shape index (κ3) is 8.86. The number of aryl methyl sites for hydroxylation is 1. The van der Waals surface area contributed by atoms with Crippen LogP contribution < -0.4 is 0 Å². The highest BCUT2D eigenvalue weighted by Crippen LogP contribution is 2.44. The Balaban J connectivity index is 1.40. The zero-order valence-corrected chi connectivity index (χ0v) is 21.2. The molecule has 194 valence electrons. The SMILES string of the molecule is C=C(C)C(=O)OC(CCO)CC1CCC(C2CCC(c3ccc(CCC=C(F)F)cc3)CC2)CC1. The Hall–Kier alpha value is -2.01. The number of aliphatic hydroxyl groups is 1. The van der Waals surface area contributed by atoms with Gasteiger partial charge in [0.05, 0.1) is 0 Å². The predicted molar refractivity (Wildman–Crippen MR) is 136 cm³/mol. The third-order valence-corrected chi connectivity index (χ3v) is 8.18. The zero-order chi connectivity index (χ0) is 25.2. The molecule has 1 N–H and O–H groups in total. The third-order valence-electron chi connectivity index (χ3n) is 8.18. The number of halogens is 2. The van der Waals surface area contributed by atoms with Crippen molar-refractivity contribution < 1.29 is 23.4 Å². The molecule has 0 aromatic heterocycles. The first-order valence-electron chi connectivity index (χ1n) is 13.4. The molecule has 0 spiro atoms. The number of carbonyl (C=O) groups excluding carboxylic acids is 1. The maximum absolute atomic E-state index is 12.2. The molecule has 0 heterocycles. The molecule has 2 aliphatic carbocycles. The number of aliphatic hydroxyl groups excluding tert-OH is 1. The summed E-state index contributed by atoms with van der Waals surface area (Å²) in [4.78, 5) is 11.9. The van der Waals surface area contributed by atoms with Gasteiger partial charge in [0.25, 0.3) is 6.08 Å². The van der Waals surface area contributed by atoms with Crippen molar-refractivity contribution in [2.45, 2.75) is 96.0 Å². The van der Waals surface area contributed by atoms with Crippen LogP contribution in [0.15, 0.2) is 48.6 Å². The van der Waals surface area contributed by atoms with Gasteiger partial charge in [0.2, 0.25) is 0 Å². The van der Waals surface area contributed by atoms with Gasteiger partial charge in [-0.25, -0.2) is 4.79 Å². The summed E-state index contributed by atoms with van der Waals surface area (Å²) >= 11 is 0. The number of hydrogen-bond donors (Lipinski definition) is 1. The molecular formula is C30H42F2O3. The van der Waals surface area contributed by atoms with E-state index in [1.165, 1.54) is 56.9 Å². The van der Waals surface area contributed by atoms with Crippen molar-refractivity contribution in [3.05, 3.63) is 59.7 Å². The Kier molecular flexibility index (Phi) is 11.0. The number of rotatable bonds is 11. The molecule has 5 heteroatoms. The van der Waals surface area contributed by atoms with E-state index >= 15 is 0 Å². The van der Waals surface area contributed by atoms with Crippen molar-refractivity contribution in [2.75, 3.05) is 6.61 Å². The van der Waals surface area contributed by atoms with E-state index in [1.54, 1.807) is 6.92 Å². The van der Waals surface area contributed by atoms with Crippen molar-refractivity contribution in [3.63, 3.8) is 0 Å². The van der Waals surface area contributed by atoms with Gasteiger partial charge in [0.1, 0.15) is 6.10 Å². The molecule has 1 unspecified atom stereocenters. The average molecular weight is 489 g/mol. The van der Waals surface area contributed by atoms with E-state index in [0.717, 1.165) is 29.9 Å². The molecule has 0 bridgehead atoms. The van der Waals surface area contributed by atoms with Crippen molar-refractivity contribution in [3.8, 4) is 0 Å². The molecule has 1 atom stereocenters. The summed E-state index contributed by atoms with van der Waals surface area (Å²) in [7, 11) is 0. The molecule has 2 fully saturated rings. The van der Waals surface area contributed by atoms with Crippen LogP contribution in [0.1, 0.15) is 94.6 Å². The monoisotopic (exact) mass is 488 g/mol. The fraction of sp³-hybridized carbons (Fsp3) is 0.633. The summed E-state index contributed by atoms with van der Waals surface area (Å²) in [6.45, 7) is 5.35. The Morgan fingerprint density at radius 2 is 1.66 bits per heavy atom. The van der Waals surface area contributed by atoms with Crippen molar-refractivity contribution in [2.24, 2.45) is 17.8 Å². The second-order valence-electron chi connectivity index (χ2n) is 10.7. The van der Waals surface area contributed by atoms with Gasteiger partial charge in [-0.05, 0) is 106 Å². The first kappa shape index (κ1) is 27.6. The van der Waals surface area contributed by atoms with Gasteiger partial charge in [0.15, 0.2) is 0 Å². The van der Waals surface area contributed by atoms with Crippen LogP contribution in [-0.4, -0.2) is 23.8 Å². The van der Waals surface area contributed by atoms with E-state index in [1.807, 2.05) is 0 Å². The van der Waals surface area contributed by atoms with Crippen molar-refractivity contribution in [1.29, 1.82) is 0 Å². The zero-order valence-electron chi connectivity index (χ0n) is 21.2. The van der Waals surface area contributed by atoms with Crippen LogP contribution in [0.2, 0.25) is 0 Å². The fourth-order valence-corrected chi connectivity index (χ4v) is 6.12. The van der Waals surface area contributed by atoms with Gasteiger partial charge >= 0.3 is 5.97 Å². The smallest absolute Gasteiger partial charge is 0.333 e. The topological polar surface area (TPSA) is 46.5 Å². The Morgan fingerprint density at radius 1 is 1.06 bits per heavy atom. The van der Waals surface area contributed by atoms with Crippen molar-refractivity contribution >= 4 is 5.97 Å². The fourth-order valence-electron chi connectivity index (χ4n) is 6.12. The van der Waals surface area contributed by atoms with Crippen LogP contribution in [0, 0.1) is 17.8 Å². The molecule has 1 aromatic rings. The van der Waals surface area contributed by atoms with E-state index in [-0.39, 0.29) is 18.7 Å². The molecule has 35 heavy (non-hydrogen) atoms. The van der Waals surface area contributed by atoms with E-state index in [4.69, 9.17) is 4.74 Å². The van der Waals surface area contributed by atoms with Gasteiger partial charge in [-0.1, -0.05) is 43.7 Å². The molecule has 2 aliphatic rings. The Labute approximate surface area is 209 Å². The van der Waals surface area contributed by atoms with Crippen LogP contribution in [0.3, 0.4) is 0 Å². The largest absolute Gasteiger partial charge is 0.459 e. The highest BCUT2D eigenvalue weighted by atomic mass is 19.3. The first-order chi connectivity index (χ1) is 16.9. The van der Waals surface area contributed by atoms with Crippen LogP contribution in [0.4, 0.5) is 8.78 Å². The van der Waals surface area contributed by atoms with Gasteiger partial charge in [-0.3, -0.25) is 0 Å².